The van der Waals surface area contributed by atoms with Gasteiger partial charge in [0.25, 0.3) is 10.0 Å². The molecule has 2 amide bonds. The van der Waals surface area contributed by atoms with Crippen LogP contribution in [0.5, 0.6) is 0 Å². The van der Waals surface area contributed by atoms with Crippen LogP contribution in [0.25, 0.3) is 0 Å². The quantitative estimate of drug-likeness (QED) is 0.376. The zero-order chi connectivity index (χ0) is 27.3. The number of nitrogens with zero attached hydrogens (tertiary/aromatic N) is 2. The van der Waals surface area contributed by atoms with E-state index in [9.17, 15) is 22.4 Å². The third kappa shape index (κ3) is 6.73. The molecule has 0 aliphatic carbocycles. The summed E-state index contributed by atoms with van der Waals surface area (Å²) in [5.41, 5.74) is 0.470. The molecule has 0 aromatic heterocycles. The Kier molecular flexibility index (Phi) is 9.41. The Balaban J connectivity index is 2.06. The van der Waals surface area contributed by atoms with Gasteiger partial charge in [-0.15, -0.1) is 0 Å². The van der Waals surface area contributed by atoms with Crippen LogP contribution in [0.2, 0.25) is 15.1 Å². The van der Waals surface area contributed by atoms with Crippen LogP contribution in [-0.4, -0.2) is 44.8 Å². The number of anilines is 1. The van der Waals surface area contributed by atoms with Crippen molar-refractivity contribution in [2.75, 3.05) is 17.9 Å². The van der Waals surface area contributed by atoms with E-state index < -0.39 is 40.2 Å². The number of hydrogen-bond donors (Lipinski definition) is 1. The first kappa shape index (κ1) is 28.7. The molecular formula is C25H23Cl3FN3O4S. The largest absolute Gasteiger partial charge is 0.357 e. The Hall–Kier alpha value is -2.85. The molecule has 0 fully saturated rings. The molecule has 3 aromatic rings. The zero-order valence-corrected chi connectivity index (χ0v) is 22.9. The summed E-state index contributed by atoms with van der Waals surface area (Å²) < 4.78 is 41.9. The van der Waals surface area contributed by atoms with Gasteiger partial charge in [-0.05, 0) is 55.0 Å². The normalized spacial score (nSPS) is 12.1. The van der Waals surface area contributed by atoms with Crippen molar-refractivity contribution < 1.29 is 22.4 Å². The second-order valence-electron chi connectivity index (χ2n) is 7.97. The number of carbonyl (C=O) groups excluding carboxylic acids is 2. The number of benzene rings is 3. The molecule has 0 bridgehead atoms. The van der Waals surface area contributed by atoms with Crippen molar-refractivity contribution >= 4 is 62.3 Å². The smallest absolute Gasteiger partial charge is 0.264 e. The average Bonchev–Trinajstić information content (AvgIpc) is 2.88. The van der Waals surface area contributed by atoms with Gasteiger partial charge in [-0.3, -0.25) is 13.9 Å². The Morgan fingerprint density at radius 3 is 2.24 bits per heavy atom. The highest BCUT2D eigenvalue weighted by molar-refractivity contribution is 7.92. The molecule has 37 heavy (non-hydrogen) atoms. The first-order valence-electron chi connectivity index (χ1n) is 10.9. The second-order valence-corrected chi connectivity index (χ2v) is 11.1. The molecule has 1 atom stereocenters. The molecule has 0 spiro atoms. The zero-order valence-electron chi connectivity index (χ0n) is 19.8. The number of carbonyl (C=O) groups is 2. The van der Waals surface area contributed by atoms with E-state index in [2.05, 4.69) is 5.32 Å². The minimum atomic E-state index is -4.29. The minimum absolute atomic E-state index is 0.0272. The van der Waals surface area contributed by atoms with Crippen molar-refractivity contribution in [2.45, 2.75) is 24.4 Å². The summed E-state index contributed by atoms with van der Waals surface area (Å²) in [7, 11) is -2.87. The third-order valence-electron chi connectivity index (χ3n) is 5.57. The Bertz CT molecular complexity index is 1410. The number of rotatable bonds is 9. The molecule has 196 valence electrons. The SMILES string of the molecule is CNC(=O)[C@@H](C)N(Cc1ccc(Cl)cc1Cl)C(=O)CN(c1ccc(F)c(Cl)c1)S(=O)(=O)c1ccccc1. The van der Waals surface area contributed by atoms with E-state index in [1.165, 1.54) is 55.3 Å². The van der Waals surface area contributed by atoms with Crippen LogP contribution in [0.4, 0.5) is 10.1 Å². The monoisotopic (exact) mass is 585 g/mol. The summed E-state index contributed by atoms with van der Waals surface area (Å²) in [6.45, 7) is 0.698. The van der Waals surface area contributed by atoms with E-state index in [4.69, 9.17) is 34.8 Å². The summed E-state index contributed by atoms with van der Waals surface area (Å²) in [6.07, 6.45) is 0. The van der Waals surface area contributed by atoms with Crippen LogP contribution < -0.4 is 9.62 Å². The van der Waals surface area contributed by atoms with Crippen molar-refractivity contribution in [1.29, 1.82) is 0 Å². The van der Waals surface area contributed by atoms with Crippen molar-refractivity contribution in [2.24, 2.45) is 0 Å². The lowest BCUT2D eigenvalue weighted by atomic mass is 10.1. The average molecular weight is 587 g/mol. The molecule has 12 heteroatoms. The fourth-order valence-electron chi connectivity index (χ4n) is 3.51. The van der Waals surface area contributed by atoms with Crippen LogP contribution in [0.1, 0.15) is 12.5 Å². The lowest BCUT2D eigenvalue weighted by Gasteiger charge is -2.32. The van der Waals surface area contributed by atoms with Crippen molar-refractivity contribution in [3.05, 3.63) is 93.2 Å². The number of amides is 2. The Morgan fingerprint density at radius 1 is 0.973 bits per heavy atom. The van der Waals surface area contributed by atoms with Gasteiger partial charge < -0.3 is 10.2 Å². The number of sulfonamides is 1. The van der Waals surface area contributed by atoms with Gasteiger partial charge in [0.2, 0.25) is 11.8 Å². The molecule has 3 rings (SSSR count). The van der Waals surface area contributed by atoms with Gasteiger partial charge in [-0.25, -0.2) is 12.8 Å². The third-order valence-corrected chi connectivity index (χ3v) is 8.24. The van der Waals surface area contributed by atoms with Crippen molar-refractivity contribution in [1.82, 2.24) is 10.2 Å². The number of halogens is 4. The fraction of sp³-hybridized carbons (Fsp3) is 0.200. The highest BCUT2D eigenvalue weighted by atomic mass is 35.5. The lowest BCUT2D eigenvalue weighted by molar-refractivity contribution is -0.139. The van der Waals surface area contributed by atoms with E-state index in [-0.39, 0.29) is 27.2 Å². The number of hydrogen-bond acceptors (Lipinski definition) is 4. The van der Waals surface area contributed by atoms with Crippen molar-refractivity contribution in [3.8, 4) is 0 Å². The van der Waals surface area contributed by atoms with Gasteiger partial charge in [0.05, 0.1) is 15.6 Å². The van der Waals surface area contributed by atoms with Crippen LogP contribution in [0.3, 0.4) is 0 Å². The maximum atomic E-state index is 13.9. The number of likely N-dealkylation sites (N-methyl/N-ethyl adjacent to an activating group) is 1. The summed E-state index contributed by atoms with van der Waals surface area (Å²) >= 11 is 18.2. The molecule has 0 unspecified atom stereocenters. The molecule has 0 saturated carbocycles. The molecule has 0 saturated heterocycles. The predicted octanol–water partition coefficient (Wildman–Crippen LogP) is 5.14. The van der Waals surface area contributed by atoms with E-state index in [1.54, 1.807) is 18.2 Å². The van der Waals surface area contributed by atoms with E-state index in [0.29, 0.717) is 10.6 Å². The minimum Gasteiger partial charge on any atom is -0.357 e. The molecular weight excluding hydrogens is 564 g/mol. The first-order chi connectivity index (χ1) is 17.4. The van der Waals surface area contributed by atoms with Gasteiger partial charge in [0.1, 0.15) is 18.4 Å². The van der Waals surface area contributed by atoms with Gasteiger partial charge in [0, 0.05) is 23.6 Å². The highest BCUT2D eigenvalue weighted by Gasteiger charge is 2.32. The lowest BCUT2D eigenvalue weighted by Crippen LogP contribution is -2.50. The highest BCUT2D eigenvalue weighted by Crippen LogP contribution is 2.29. The van der Waals surface area contributed by atoms with Gasteiger partial charge >= 0.3 is 0 Å². The van der Waals surface area contributed by atoms with E-state index >= 15 is 0 Å². The number of nitrogens with one attached hydrogen (secondary N) is 1. The van der Waals surface area contributed by atoms with E-state index in [1.807, 2.05) is 0 Å². The maximum Gasteiger partial charge on any atom is 0.264 e. The molecule has 0 radical (unpaired) electrons. The van der Waals surface area contributed by atoms with Gasteiger partial charge in [-0.2, -0.15) is 0 Å². The summed E-state index contributed by atoms with van der Waals surface area (Å²) in [5, 5.41) is 2.83. The van der Waals surface area contributed by atoms with E-state index in [0.717, 1.165) is 16.4 Å². The summed E-state index contributed by atoms with van der Waals surface area (Å²) in [4.78, 5) is 27.3. The van der Waals surface area contributed by atoms with Crippen LogP contribution in [0, 0.1) is 5.82 Å². The topological polar surface area (TPSA) is 86.8 Å². The van der Waals surface area contributed by atoms with Crippen molar-refractivity contribution in [3.63, 3.8) is 0 Å². The summed E-state index contributed by atoms with van der Waals surface area (Å²) in [5.74, 6) is -1.93. The molecule has 1 N–H and O–H groups in total. The predicted molar refractivity (Wildman–Crippen MR) is 143 cm³/mol. The molecule has 0 aliphatic rings. The molecule has 3 aromatic carbocycles. The maximum absolute atomic E-state index is 13.9. The summed E-state index contributed by atoms with van der Waals surface area (Å²) in [6, 6.07) is 14.5. The molecule has 0 aliphatic heterocycles. The Labute approximate surface area is 229 Å². The van der Waals surface area contributed by atoms with Gasteiger partial charge in [-0.1, -0.05) is 59.1 Å². The molecule has 0 heterocycles. The molecule has 7 nitrogen and oxygen atoms in total. The van der Waals surface area contributed by atoms with Crippen LogP contribution >= 0.6 is 34.8 Å². The standard InChI is InChI=1S/C25H23Cl3FN3O4S/c1-16(25(34)30-2)31(14-17-8-9-18(26)12-21(17)27)24(33)15-32(19-10-11-23(29)22(28)13-19)37(35,36)20-6-4-3-5-7-20/h3-13,16H,14-15H2,1-2H3,(H,30,34)/t16-/m1/s1. The second kappa shape index (κ2) is 12.1. The fourth-order valence-corrected chi connectivity index (χ4v) is 5.58. The first-order valence-corrected chi connectivity index (χ1v) is 13.5. The van der Waals surface area contributed by atoms with Crippen LogP contribution in [-0.2, 0) is 26.2 Å². The Morgan fingerprint density at radius 2 is 1.65 bits per heavy atom. The van der Waals surface area contributed by atoms with Gasteiger partial charge in [0.15, 0.2) is 0 Å². The van der Waals surface area contributed by atoms with Crippen LogP contribution in [0.15, 0.2) is 71.6 Å².